The third-order valence-corrected chi connectivity index (χ3v) is 14.9. The third kappa shape index (κ3) is 10.6. The van der Waals surface area contributed by atoms with Crippen LogP contribution in [0.25, 0.3) is 21.5 Å². The molecule has 2 N–H and O–H groups in total. The van der Waals surface area contributed by atoms with Crippen LogP contribution in [0.4, 0.5) is 0 Å². The first-order valence-corrected chi connectivity index (χ1v) is 25.3. The van der Waals surface area contributed by atoms with E-state index in [-0.39, 0.29) is 22.9 Å². The number of methoxy groups -OCH3 is 1. The molecule has 356 valence electrons. The number of hydrogen-bond donors (Lipinski definition) is 2. The van der Waals surface area contributed by atoms with Gasteiger partial charge in [-0.1, -0.05) is 111 Å². The number of likely N-dealkylation sites (tertiary alicyclic amines) is 2. The van der Waals surface area contributed by atoms with Crippen LogP contribution >= 0.6 is 0 Å². The van der Waals surface area contributed by atoms with Gasteiger partial charge >= 0.3 is 0 Å². The number of nitrogens with one attached hydrogen (secondary N) is 2. The maximum Gasteiger partial charge on any atom is 0.252 e. The maximum absolute atomic E-state index is 13.4. The van der Waals surface area contributed by atoms with E-state index in [1.54, 1.807) is 7.11 Å². The van der Waals surface area contributed by atoms with Crippen LogP contribution in [0.2, 0.25) is 0 Å². The zero-order chi connectivity index (χ0) is 47.3. The van der Waals surface area contributed by atoms with E-state index in [0.29, 0.717) is 36.4 Å². The highest BCUT2D eigenvalue weighted by Crippen LogP contribution is 2.49. The summed E-state index contributed by atoms with van der Waals surface area (Å²) in [4.78, 5) is 31.7. The molecule has 5 fully saturated rings. The van der Waals surface area contributed by atoms with Crippen LogP contribution in [0.5, 0.6) is 11.5 Å². The van der Waals surface area contributed by atoms with Gasteiger partial charge in [-0.05, 0) is 139 Å². The second-order valence-electron chi connectivity index (χ2n) is 19.6. The van der Waals surface area contributed by atoms with Crippen molar-refractivity contribution in [1.29, 1.82) is 0 Å². The molecule has 6 aromatic carbocycles. The maximum atomic E-state index is 13.4. The number of ether oxygens (including phenoxy) is 3. The zero-order valence-corrected chi connectivity index (χ0v) is 40.8. The number of amides is 2. The van der Waals surface area contributed by atoms with Gasteiger partial charge in [0.1, 0.15) is 24.7 Å². The molecule has 3 aliphatic carbocycles. The second kappa shape index (κ2) is 20.9. The fourth-order valence-electron chi connectivity index (χ4n) is 10.0. The first-order chi connectivity index (χ1) is 33.2. The predicted octanol–water partition coefficient (Wildman–Crippen LogP) is 11.1. The number of hydrogen-bond acceptors (Lipinski definition) is 7. The first kappa shape index (κ1) is 47.3. The summed E-state index contributed by atoms with van der Waals surface area (Å²) in [5.74, 6) is 2.41. The summed E-state index contributed by atoms with van der Waals surface area (Å²) in [6.45, 7) is 14.5. The van der Waals surface area contributed by atoms with Gasteiger partial charge in [0.15, 0.2) is 0 Å². The molecule has 2 aliphatic heterocycles. The van der Waals surface area contributed by atoms with E-state index in [4.69, 9.17) is 14.2 Å². The molecule has 2 atom stereocenters. The molecule has 11 rings (SSSR count). The van der Waals surface area contributed by atoms with Gasteiger partial charge in [-0.25, -0.2) is 0 Å². The summed E-state index contributed by atoms with van der Waals surface area (Å²) < 4.78 is 17.4. The quantitative estimate of drug-likeness (QED) is 0.0941. The van der Waals surface area contributed by atoms with E-state index < -0.39 is 0 Å². The normalized spacial score (nSPS) is 19.8. The Balaban J connectivity index is 0.000000164. The van der Waals surface area contributed by atoms with E-state index in [1.807, 2.05) is 64.1 Å². The average Bonchev–Trinajstić information content (AvgIpc) is 4.25. The molecule has 2 unspecified atom stereocenters. The van der Waals surface area contributed by atoms with Crippen LogP contribution < -0.4 is 20.1 Å². The molecule has 6 aromatic rings. The van der Waals surface area contributed by atoms with Crippen molar-refractivity contribution in [2.45, 2.75) is 102 Å². The summed E-state index contributed by atoms with van der Waals surface area (Å²) >= 11 is 0. The lowest BCUT2D eigenvalue weighted by molar-refractivity contribution is 0.0283. The molecule has 2 saturated heterocycles. The van der Waals surface area contributed by atoms with Crippen LogP contribution in [-0.4, -0.2) is 86.8 Å². The van der Waals surface area contributed by atoms with Crippen LogP contribution in [0.3, 0.4) is 0 Å². The second-order valence-corrected chi connectivity index (χ2v) is 19.6. The monoisotopic (exact) mass is 915 g/mol. The number of carbonyl (C=O) groups excluding carboxylic acids is 2. The van der Waals surface area contributed by atoms with Crippen molar-refractivity contribution in [3.05, 3.63) is 155 Å². The van der Waals surface area contributed by atoms with Crippen molar-refractivity contribution in [2.24, 2.45) is 5.92 Å². The topological polar surface area (TPSA) is 92.4 Å². The Kier molecular flexibility index (Phi) is 14.5. The van der Waals surface area contributed by atoms with Crippen molar-refractivity contribution in [3.8, 4) is 11.5 Å². The predicted molar refractivity (Wildman–Crippen MR) is 274 cm³/mol. The lowest BCUT2D eigenvalue weighted by atomic mass is 9.96. The van der Waals surface area contributed by atoms with Gasteiger partial charge in [0.05, 0.1) is 17.7 Å². The van der Waals surface area contributed by atoms with Crippen molar-refractivity contribution < 1.29 is 23.8 Å². The lowest BCUT2D eigenvalue weighted by Gasteiger charge is -2.40. The van der Waals surface area contributed by atoms with E-state index in [9.17, 15) is 9.59 Å². The largest absolute Gasteiger partial charge is 0.492 e. The Hall–Kier alpha value is -5.74. The highest BCUT2D eigenvalue weighted by Gasteiger charge is 2.48. The molecule has 9 heteroatoms. The molecule has 3 saturated carbocycles. The van der Waals surface area contributed by atoms with Gasteiger partial charge in [-0.15, -0.1) is 0 Å². The summed E-state index contributed by atoms with van der Waals surface area (Å²) in [5.41, 5.74) is 5.21. The van der Waals surface area contributed by atoms with Crippen LogP contribution in [0.15, 0.2) is 121 Å². The summed E-state index contributed by atoms with van der Waals surface area (Å²) in [7, 11) is 1.73. The Morgan fingerprint density at radius 3 is 1.47 bits per heavy atom. The molecule has 5 aliphatic rings. The van der Waals surface area contributed by atoms with Crippen LogP contribution in [-0.2, 0) is 15.8 Å². The molecule has 68 heavy (non-hydrogen) atoms. The summed E-state index contributed by atoms with van der Waals surface area (Å²) in [6.07, 6.45) is 8.99. The Morgan fingerprint density at radius 1 is 0.588 bits per heavy atom. The van der Waals surface area contributed by atoms with Gasteiger partial charge in [0, 0.05) is 56.5 Å². The molecular formula is C59H70N4O5. The summed E-state index contributed by atoms with van der Waals surface area (Å²) in [6, 6.07) is 42.2. The minimum absolute atomic E-state index is 0.0117. The Labute approximate surface area is 403 Å². The van der Waals surface area contributed by atoms with Gasteiger partial charge in [0.2, 0.25) is 0 Å². The molecular weight excluding hydrogens is 845 g/mol. The Morgan fingerprint density at radius 2 is 1.04 bits per heavy atom. The minimum Gasteiger partial charge on any atom is -0.492 e. The zero-order valence-electron chi connectivity index (χ0n) is 40.8. The smallest absolute Gasteiger partial charge is 0.252 e. The number of benzene rings is 6. The average molecular weight is 915 g/mol. The van der Waals surface area contributed by atoms with Gasteiger partial charge < -0.3 is 24.8 Å². The molecule has 0 bridgehead atoms. The fourth-order valence-corrected chi connectivity index (χ4v) is 10.0. The third-order valence-electron chi connectivity index (χ3n) is 14.9. The van der Waals surface area contributed by atoms with Crippen molar-refractivity contribution in [1.82, 2.24) is 20.4 Å². The van der Waals surface area contributed by atoms with Crippen LogP contribution in [0.1, 0.15) is 108 Å². The number of fused-ring (bicyclic) bond motifs is 2. The lowest BCUT2D eigenvalue weighted by Crippen LogP contribution is -2.51. The number of rotatable bonds is 17. The van der Waals surface area contributed by atoms with Gasteiger partial charge in [0.25, 0.3) is 11.8 Å². The molecule has 2 amide bonds. The molecule has 0 aromatic heterocycles. The number of carbonyl (C=O) groups is 2. The summed E-state index contributed by atoms with van der Waals surface area (Å²) in [5, 5.41) is 11.6. The molecule has 9 nitrogen and oxygen atoms in total. The van der Waals surface area contributed by atoms with E-state index in [2.05, 4.69) is 105 Å². The SMILES string of the molecule is CC.COCCN1CCC1COc1ccc(C)c(C(=O)NC2(c3cccc4ccccc34)CC2)c1.Cc1ccc(OCC2CCN2CC2CC2)cc1C(=O)NC1(c2cccc3ccccc23)CC1. The van der Waals surface area contributed by atoms with E-state index >= 15 is 0 Å². The van der Waals surface area contributed by atoms with E-state index in [0.717, 1.165) is 80.3 Å². The van der Waals surface area contributed by atoms with Crippen molar-refractivity contribution >= 4 is 33.4 Å². The number of nitrogens with zero attached hydrogens (tertiary/aromatic N) is 2. The van der Waals surface area contributed by atoms with Gasteiger partial charge in [-0.3, -0.25) is 19.4 Å². The minimum atomic E-state index is -0.283. The highest BCUT2D eigenvalue weighted by molar-refractivity contribution is 5.98. The molecule has 0 spiro atoms. The first-order valence-electron chi connectivity index (χ1n) is 25.3. The Bertz CT molecular complexity index is 2710. The highest BCUT2D eigenvalue weighted by atomic mass is 16.5. The number of aryl methyl sites for hydroxylation is 2. The van der Waals surface area contributed by atoms with E-state index in [1.165, 1.54) is 65.0 Å². The fraction of sp³-hybridized carbons (Fsp3) is 0.424. The standard InChI is InChI=1S/C29H32N2O2.C28H32N2O3.C2H6/c1-20-9-12-24(33-19-23-13-16-31(23)18-21-10-11-21)17-26(20)28(32)30-29(14-15-29)27-8-4-6-22-5-2-3-7-25(22)27;1-20-10-11-23(33-19-22-12-15-30(22)16-17-32-2)18-25(20)27(31)29-28(13-14-28)26-9-5-7-21-6-3-4-8-24(21)26;1-2/h2-9,12,17,21,23H,10-11,13-16,18-19H2,1H3,(H,30,32);3-11,18,22H,12-17,19H2,1-2H3,(H,29,31);1-2H3. The molecule has 0 radical (unpaired) electrons. The van der Waals surface area contributed by atoms with Gasteiger partial charge in [-0.2, -0.15) is 0 Å². The van der Waals surface area contributed by atoms with Crippen LogP contribution in [0, 0.1) is 19.8 Å². The molecule has 2 heterocycles. The van der Waals surface area contributed by atoms with Crippen molar-refractivity contribution in [2.75, 3.05) is 53.1 Å². The van der Waals surface area contributed by atoms with Crippen molar-refractivity contribution in [3.63, 3.8) is 0 Å².